The molecule has 0 saturated carbocycles. The normalized spacial score (nSPS) is 15.7. The first kappa shape index (κ1) is 26.8. The zero-order valence-corrected chi connectivity index (χ0v) is 23.2. The van der Waals surface area contributed by atoms with E-state index in [9.17, 15) is 18.8 Å². The molecule has 4 aromatic rings. The number of rotatable bonds is 6. The number of pyridine rings is 2. The number of amides is 2. The van der Waals surface area contributed by atoms with Gasteiger partial charge in [0.15, 0.2) is 5.75 Å². The first-order valence-electron chi connectivity index (χ1n) is 13.0. The van der Waals surface area contributed by atoms with Crippen LogP contribution in [-0.2, 0) is 24.9 Å². The largest absolute Gasteiger partial charge is 0.489 e. The molecule has 0 atom stereocenters. The molecule has 0 bridgehead atoms. The van der Waals surface area contributed by atoms with Crippen molar-refractivity contribution in [2.75, 3.05) is 31.1 Å². The number of aryl methyl sites for hydroxylation is 1. The number of hydrogen-bond donors (Lipinski definition) is 1. The molecule has 2 aliphatic rings. The zero-order valence-electron chi connectivity index (χ0n) is 22.4. The summed E-state index contributed by atoms with van der Waals surface area (Å²) in [5.41, 5.74) is 0.123. The number of halogens is 2. The molecule has 212 valence electrons. The molecule has 1 aromatic carbocycles. The molecule has 1 fully saturated rings. The van der Waals surface area contributed by atoms with Crippen LogP contribution in [0.15, 0.2) is 53.7 Å². The minimum Gasteiger partial charge on any atom is -0.489 e. The maximum Gasteiger partial charge on any atom is 0.265 e. The third-order valence-corrected chi connectivity index (χ3v) is 7.45. The van der Waals surface area contributed by atoms with Crippen molar-refractivity contribution in [2.24, 2.45) is 7.05 Å². The van der Waals surface area contributed by atoms with E-state index >= 15 is 0 Å². The molecular formula is C28H27ClFN7O4. The van der Waals surface area contributed by atoms with E-state index in [1.165, 1.54) is 17.9 Å². The van der Waals surface area contributed by atoms with E-state index in [1.807, 2.05) is 18.1 Å². The van der Waals surface area contributed by atoms with Crippen LogP contribution in [0.2, 0.25) is 5.02 Å². The van der Waals surface area contributed by atoms with Gasteiger partial charge in [0, 0.05) is 24.8 Å². The maximum absolute atomic E-state index is 14.1. The number of carbonyl (C=O) groups is 2. The monoisotopic (exact) mass is 579 g/mol. The van der Waals surface area contributed by atoms with Gasteiger partial charge in [0.1, 0.15) is 35.7 Å². The van der Waals surface area contributed by atoms with Gasteiger partial charge in [-0.3, -0.25) is 23.6 Å². The number of ether oxygens (including phenoxy) is 1. The van der Waals surface area contributed by atoms with Crippen LogP contribution in [0.4, 0.5) is 15.8 Å². The second-order valence-electron chi connectivity index (χ2n) is 10.5. The Balaban J connectivity index is 1.42. The summed E-state index contributed by atoms with van der Waals surface area (Å²) >= 11 is 5.96. The Kier molecular flexibility index (Phi) is 6.65. The Bertz CT molecular complexity index is 1730. The summed E-state index contributed by atoms with van der Waals surface area (Å²) in [7, 11) is 1.82. The van der Waals surface area contributed by atoms with Gasteiger partial charge < -0.3 is 19.9 Å². The van der Waals surface area contributed by atoms with Crippen LogP contribution in [0, 0.1) is 0 Å². The summed E-state index contributed by atoms with van der Waals surface area (Å²) < 4.78 is 23.0. The molecule has 0 radical (unpaired) electrons. The van der Waals surface area contributed by atoms with Gasteiger partial charge in [0.25, 0.3) is 11.5 Å². The highest BCUT2D eigenvalue weighted by Gasteiger charge is 2.41. The van der Waals surface area contributed by atoms with Gasteiger partial charge in [0.2, 0.25) is 5.91 Å². The Hall–Kier alpha value is -4.45. The van der Waals surface area contributed by atoms with Crippen molar-refractivity contribution in [3.05, 3.63) is 75.4 Å². The van der Waals surface area contributed by atoms with E-state index in [0.29, 0.717) is 35.0 Å². The highest BCUT2D eigenvalue weighted by molar-refractivity contribution is 6.30. The number of aromatic nitrogens is 4. The van der Waals surface area contributed by atoms with Crippen molar-refractivity contribution < 1.29 is 18.7 Å². The Labute approximate surface area is 239 Å². The molecule has 6 rings (SSSR count). The molecule has 3 aromatic heterocycles. The van der Waals surface area contributed by atoms with Crippen LogP contribution in [0.5, 0.6) is 5.75 Å². The molecule has 13 heteroatoms. The van der Waals surface area contributed by atoms with Crippen LogP contribution in [0.3, 0.4) is 0 Å². The summed E-state index contributed by atoms with van der Waals surface area (Å²) in [5.74, 6) is -0.635. The third-order valence-electron chi connectivity index (χ3n) is 7.20. The van der Waals surface area contributed by atoms with Gasteiger partial charge in [-0.05, 0) is 30.7 Å². The molecule has 0 unspecified atom stereocenters. The lowest BCUT2D eigenvalue weighted by Crippen LogP contribution is -2.60. The van der Waals surface area contributed by atoms with E-state index in [0.717, 1.165) is 15.8 Å². The summed E-state index contributed by atoms with van der Waals surface area (Å²) in [5, 5.41) is 7.99. The van der Waals surface area contributed by atoms with Crippen LogP contribution in [0.1, 0.15) is 22.8 Å². The standard InChI is InChI=1S/C28H27ClFN7O4/c1-28(30)15-35(16-28)23(38)14-37-25-20(9-21(27(37)40)26(39)32-10-17-3-5-18(29)6-4-17)24-22(12-31-25)36(7-8-41-24)19-11-33-34(2)13-19/h3-6,9,11-13H,7-8,10,14-16H2,1-2H3,(H,32,39). The minimum atomic E-state index is -1.47. The van der Waals surface area contributed by atoms with E-state index < -0.39 is 29.6 Å². The van der Waals surface area contributed by atoms with Gasteiger partial charge in [-0.25, -0.2) is 9.37 Å². The SMILES string of the molecule is Cn1cc(N2CCOc3c2cnc2c3cc(C(=O)NCc3ccc(Cl)cc3)c(=O)n2CC(=O)N2CC(C)(F)C2)cn1. The number of fused-ring (bicyclic) bond motifs is 3. The summed E-state index contributed by atoms with van der Waals surface area (Å²) in [6.07, 6.45) is 5.16. The lowest BCUT2D eigenvalue weighted by Gasteiger charge is -2.42. The fourth-order valence-electron chi connectivity index (χ4n) is 5.15. The highest BCUT2D eigenvalue weighted by Crippen LogP contribution is 2.40. The Morgan fingerprint density at radius 2 is 1.95 bits per heavy atom. The number of nitrogens with zero attached hydrogens (tertiary/aromatic N) is 6. The van der Waals surface area contributed by atoms with Crippen LogP contribution in [0.25, 0.3) is 11.0 Å². The van der Waals surface area contributed by atoms with E-state index in [-0.39, 0.29) is 30.8 Å². The highest BCUT2D eigenvalue weighted by atomic mass is 35.5. The van der Waals surface area contributed by atoms with Gasteiger partial charge in [-0.15, -0.1) is 0 Å². The Morgan fingerprint density at radius 3 is 2.63 bits per heavy atom. The van der Waals surface area contributed by atoms with Gasteiger partial charge in [0.05, 0.1) is 43.1 Å². The molecule has 1 saturated heterocycles. The fourth-order valence-corrected chi connectivity index (χ4v) is 5.28. The number of benzene rings is 1. The third kappa shape index (κ3) is 5.10. The first-order chi connectivity index (χ1) is 19.6. The first-order valence-corrected chi connectivity index (χ1v) is 13.4. The van der Waals surface area contributed by atoms with E-state index in [4.69, 9.17) is 16.3 Å². The second kappa shape index (κ2) is 10.2. The topological polar surface area (TPSA) is 115 Å². The molecule has 0 aliphatic carbocycles. The smallest absolute Gasteiger partial charge is 0.265 e. The summed E-state index contributed by atoms with van der Waals surface area (Å²) in [6.45, 7) is 1.92. The number of hydrogen-bond acceptors (Lipinski definition) is 7. The van der Waals surface area contributed by atoms with Gasteiger partial charge in [-0.1, -0.05) is 23.7 Å². The quantitative estimate of drug-likeness (QED) is 0.374. The number of nitrogens with one attached hydrogen (secondary N) is 1. The number of likely N-dealkylation sites (tertiary alicyclic amines) is 1. The van der Waals surface area contributed by atoms with Gasteiger partial charge in [-0.2, -0.15) is 5.10 Å². The molecule has 1 N–H and O–H groups in total. The number of carbonyl (C=O) groups excluding carboxylic acids is 2. The van der Waals surface area contributed by atoms with E-state index in [2.05, 4.69) is 15.4 Å². The molecule has 2 aliphatic heterocycles. The van der Waals surface area contributed by atoms with Crippen molar-refractivity contribution in [1.82, 2.24) is 29.5 Å². The molecule has 5 heterocycles. The van der Waals surface area contributed by atoms with Crippen molar-refractivity contribution >= 4 is 45.8 Å². The van der Waals surface area contributed by atoms with Crippen molar-refractivity contribution in [3.63, 3.8) is 0 Å². The van der Waals surface area contributed by atoms with Gasteiger partial charge >= 0.3 is 0 Å². The fraction of sp³-hybridized carbons (Fsp3) is 0.321. The summed E-state index contributed by atoms with van der Waals surface area (Å²) in [6, 6.07) is 8.41. The predicted molar refractivity (Wildman–Crippen MR) is 150 cm³/mol. The number of alkyl halides is 1. The van der Waals surface area contributed by atoms with Crippen LogP contribution >= 0.6 is 11.6 Å². The van der Waals surface area contributed by atoms with Crippen molar-refractivity contribution in [2.45, 2.75) is 25.7 Å². The molecular weight excluding hydrogens is 553 g/mol. The zero-order chi connectivity index (χ0) is 28.9. The molecule has 2 amide bonds. The van der Waals surface area contributed by atoms with Crippen LogP contribution < -0.4 is 20.5 Å². The summed E-state index contributed by atoms with van der Waals surface area (Å²) in [4.78, 5) is 47.9. The van der Waals surface area contributed by atoms with Crippen LogP contribution in [-0.4, -0.2) is 68.0 Å². The lowest BCUT2D eigenvalue weighted by atomic mass is 9.99. The molecule has 11 nitrogen and oxygen atoms in total. The Morgan fingerprint density at radius 1 is 1.20 bits per heavy atom. The van der Waals surface area contributed by atoms with Crippen molar-refractivity contribution in [1.29, 1.82) is 0 Å². The molecule has 41 heavy (non-hydrogen) atoms. The van der Waals surface area contributed by atoms with E-state index in [1.54, 1.807) is 41.3 Å². The lowest BCUT2D eigenvalue weighted by molar-refractivity contribution is -0.144. The second-order valence-corrected chi connectivity index (χ2v) is 10.9. The predicted octanol–water partition coefficient (Wildman–Crippen LogP) is 2.81. The minimum absolute atomic E-state index is 0.0637. The average Bonchev–Trinajstić information content (AvgIpc) is 3.37. The van der Waals surface area contributed by atoms with Crippen molar-refractivity contribution in [3.8, 4) is 5.75 Å². The average molecular weight is 580 g/mol. The molecule has 0 spiro atoms. The number of anilines is 2. The maximum atomic E-state index is 14.1.